The van der Waals surface area contributed by atoms with Crippen LogP contribution in [-0.4, -0.2) is 46.7 Å². The molecule has 34 heavy (non-hydrogen) atoms. The number of rotatable bonds is 6. The van der Waals surface area contributed by atoms with Crippen molar-refractivity contribution in [2.45, 2.75) is 38.6 Å². The molecule has 2 aliphatic rings. The van der Waals surface area contributed by atoms with Gasteiger partial charge in [-0.25, -0.2) is 19.5 Å². The topological polar surface area (TPSA) is 133 Å². The van der Waals surface area contributed by atoms with E-state index in [4.69, 9.17) is 10.5 Å². The number of benzene rings is 1. The minimum Gasteiger partial charge on any atom is -0.464 e. The van der Waals surface area contributed by atoms with Gasteiger partial charge in [-0.15, -0.1) is 8.78 Å². The number of nitrogens with two attached hydrogens (primary N) is 1. The van der Waals surface area contributed by atoms with Crippen LogP contribution in [0.3, 0.4) is 0 Å². The van der Waals surface area contributed by atoms with Crippen LogP contribution in [0.15, 0.2) is 36.5 Å². The molecule has 1 aromatic heterocycles. The second-order valence-corrected chi connectivity index (χ2v) is 7.85. The summed E-state index contributed by atoms with van der Waals surface area (Å²) in [5, 5.41) is 2.61. The van der Waals surface area contributed by atoms with E-state index in [9.17, 15) is 23.2 Å². The number of urea groups is 1. The lowest BCUT2D eigenvalue weighted by molar-refractivity contribution is -0.286. The van der Waals surface area contributed by atoms with E-state index in [0.717, 1.165) is 4.90 Å². The Balaban J connectivity index is 1.48. The van der Waals surface area contributed by atoms with Crippen LogP contribution in [0.2, 0.25) is 0 Å². The third kappa shape index (κ3) is 4.43. The van der Waals surface area contributed by atoms with Gasteiger partial charge in [0.25, 0.3) is 0 Å². The summed E-state index contributed by atoms with van der Waals surface area (Å²) in [5.41, 5.74) is 6.80. The highest BCUT2D eigenvalue weighted by molar-refractivity contribution is 6.08. The second kappa shape index (κ2) is 8.76. The molecule has 1 fully saturated rings. The summed E-state index contributed by atoms with van der Waals surface area (Å²) >= 11 is 0. The molecule has 0 bridgehead atoms. The van der Waals surface area contributed by atoms with Crippen LogP contribution in [0.25, 0.3) is 0 Å². The number of hydrogen-bond donors (Lipinski definition) is 2. The van der Waals surface area contributed by atoms with Gasteiger partial charge in [-0.3, -0.25) is 4.79 Å². The summed E-state index contributed by atoms with van der Waals surface area (Å²) < 4.78 is 40.4. The third-order valence-electron chi connectivity index (χ3n) is 5.53. The number of carbonyl (C=O) groups is 3. The normalized spacial score (nSPS) is 20.9. The number of nitrogens with one attached hydrogen (secondary N) is 1. The number of aromatic nitrogens is 1. The number of likely N-dealkylation sites (tertiary alicyclic amines) is 1. The number of nitrogen functional groups attached to an aromatic ring is 1. The molecular formula is C22H22F2N4O6. The van der Waals surface area contributed by atoms with Crippen molar-refractivity contribution in [1.29, 1.82) is 0 Å². The summed E-state index contributed by atoms with van der Waals surface area (Å²) in [6.45, 7) is 3.28. The van der Waals surface area contributed by atoms with E-state index in [1.54, 1.807) is 26.0 Å². The molecular weight excluding hydrogens is 454 g/mol. The largest absolute Gasteiger partial charge is 0.586 e. The number of pyridine rings is 1. The Bertz CT molecular complexity index is 1140. The Labute approximate surface area is 193 Å². The first-order valence-corrected chi connectivity index (χ1v) is 10.5. The SMILES string of the molecule is CCOC(=O)C1[C@@H](Cc2ccnc(N)c2)C(=O)N1C(=O)N[C@H](C)c1ccc2c(c1)OC(F)(F)O2. The van der Waals surface area contributed by atoms with E-state index in [-0.39, 0.29) is 30.3 Å². The number of nitrogens with zero attached hydrogens (tertiary/aromatic N) is 2. The molecule has 0 saturated carbocycles. The molecule has 2 aliphatic heterocycles. The predicted molar refractivity (Wildman–Crippen MR) is 113 cm³/mol. The van der Waals surface area contributed by atoms with Crippen molar-refractivity contribution in [3.05, 3.63) is 47.7 Å². The van der Waals surface area contributed by atoms with Gasteiger partial charge in [0.15, 0.2) is 17.5 Å². The number of ether oxygens (including phenoxy) is 3. The fourth-order valence-corrected chi connectivity index (χ4v) is 3.92. The lowest BCUT2D eigenvalue weighted by Crippen LogP contribution is -2.69. The highest BCUT2D eigenvalue weighted by atomic mass is 19.3. The van der Waals surface area contributed by atoms with E-state index >= 15 is 0 Å². The number of anilines is 1. The van der Waals surface area contributed by atoms with Crippen LogP contribution >= 0.6 is 0 Å². The van der Waals surface area contributed by atoms with Gasteiger partial charge in [-0.2, -0.15) is 0 Å². The Kier molecular flexibility index (Phi) is 5.98. The second-order valence-electron chi connectivity index (χ2n) is 7.85. The summed E-state index contributed by atoms with van der Waals surface area (Å²) in [5.74, 6) is -2.11. The molecule has 3 atom stereocenters. The van der Waals surface area contributed by atoms with E-state index < -0.39 is 42.2 Å². The molecule has 0 aliphatic carbocycles. The molecule has 12 heteroatoms. The third-order valence-corrected chi connectivity index (χ3v) is 5.53. The number of esters is 1. The summed E-state index contributed by atoms with van der Waals surface area (Å²) in [4.78, 5) is 43.0. The number of halogens is 2. The van der Waals surface area contributed by atoms with Crippen LogP contribution in [0.4, 0.5) is 19.4 Å². The van der Waals surface area contributed by atoms with Crippen molar-refractivity contribution in [1.82, 2.24) is 15.2 Å². The number of fused-ring (bicyclic) bond motifs is 1. The van der Waals surface area contributed by atoms with Crippen LogP contribution in [0.5, 0.6) is 11.5 Å². The summed E-state index contributed by atoms with van der Waals surface area (Å²) in [6.07, 6.45) is -2.11. The smallest absolute Gasteiger partial charge is 0.464 e. The molecule has 3 amide bonds. The lowest BCUT2D eigenvalue weighted by atomic mass is 9.82. The molecule has 2 aromatic rings. The molecule has 1 saturated heterocycles. The highest BCUT2D eigenvalue weighted by Crippen LogP contribution is 2.42. The molecule has 3 heterocycles. The minimum atomic E-state index is -3.77. The van der Waals surface area contributed by atoms with Gasteiger partial charge in [0, 0.05) is 6.20 Å². The van der Waals surface area contributed by atoms with Crippen molar-refractivity contribution < 1.29 is 37.4 Å². The molecule has 0 radical (unpaired) electrons. The molecule has 0 spiro atoms. The van der Waals surface area contributed by atoms with Gasteiger partial charge in [0.05, 0.1) is 18.6 Å². The Morgan fingerprint density at radius 1 is 1.26 bits per heavy atom. The number of imide groups is 1. The lowest BCUT2D eigenvalue weighted by Gasteiger charge is -2.44. The summed E-state index contributed by atoms with van der Waals surface area (Å²) in [7, 11) is 0. The van der Waals surface area contributed by atoms with E-state index in [2.05, 4.69) is 19.8 Å². The van der Waals surface area contributed by atoms with Crippen molar-refractivity contribution in [3.63, 3.8) is 0 Å². The number of carbonyl (C=O) groups excluding carboxylic acids is 3. The van der Waals surface area contributed by atoms with Crippen LogP contribution in [0, 0.1) is 5.92 Å². The minimum absolute atomic E-state index is 0.0755. The van der Waals surface area contributed by atoms with Gasteiger partial charge in [-0.05, 0) is 55.7 Å². The molecule has 10 nitrogen and oxygen atoms in total. The van der Waals surface area contributed by atoms with E-state index in [1.165, 1.54) is 24.4 Å². The Hall–Kier alpha value is -3.96. The first kappa shape index (κ1) is 23.2. The number of β-lactam (4-membered cyclic amide) rings is 1. The number of amides is 3. The average Bonchev–Trinajstić information content (AvgIpc) is 3.08. The number of hydrogen-bond acceptors (Lipinski definition) is 8. The predicted octanol–water partition coefficient (Wildman–Crippen LogP) is 2.39. The zero-order valence-corrected chi connectivity index (χ0v) is 18.3. The van der Waals surface area contributed by atoms with Gasteiger partial charge >= 0.3 is 18.3 Å². The van der Waals surface area contributed by atoms with E-state index in [0.29, 0.717) is 11.1 Å². The van der Waals surface area contributed by atoms with Gasteiger partial charge < -0.3 is 25.3 Å². The van der Waals surface area contributed by atoms with Gasteiger partial charge in [-0.1, -0.05) is 6.07 Å². The van der Waals surface area contributed by atoms with Crippen molar-refractivity contribution in [2.24, 2.45) is 5.92 Å². The fraction of sp³-hybridized carbons (Fsp3) is 0.364. The van der Waals surface area contributed by atoms with Crippen molar-refractivity contribution in [2.75, 3.05) is 12.3 Å². The van der Waals surface area contributed by atoms with Gasteiger partial charge in [0.2, 0.25) is 5.91 Å². The fourth-order valence-electron chi connectivity index (χ4n) is 3.92. The van der Waals surface area contributed by atoms with Crippen molar-refractivity contribution >= 4 is 23.7 Å². The molecule has 180 valence electrons. The number of alkyl halides is 2. The Morgan fingerprint density at radius 3 is 2.71 bits per heavy atom. The molecule has 3 N–H and O–H groups in total. The monoisotopic (exact) mass is 476 g/mol. The molecule has 1 aromatic carbocycles. The van der Waals surface area contributed by atoms with Crippen molar-refractivity contribution in [3.8, 4) is 11.5 Å². The maximum Gasteiger partial charge on any atom is 0.586 e. The molecule has 4 rings (SSSR count). The Morgan fingerprint density at radius 2 is 2.00 bits per heavy atom. The zero-order chi connectivity index (χ0) is 24.6. The van der Waals surface area contributed by atoms with Crippen LogP contribution in [0.1, 0.15) is 31.0 Å². The average molecular weight is 476 g/mol. The highest BCUT2D eigenvalue weighted by Gasteiger charge is 2.55. The quantitative estimate of drug-likeness (QED) is 0.480. The first-order chi connectivity index (χ1) is 16.1. The van der Waals surface area contributed by atoms with E-state index in [1.807, 2.05) is 0 Å². The first-order valence-electron chi connectivity index (χ1n) is 10.5. The maximum atomic E-state index is 13.3. The maximum absolute atomic E-state index is 13.3. The van der Waals surface area contributed by atoms with Gasteiger partial charge in [0.1, 0.15) is 5.82 Å². The zero-order valence-electron chi connectivity index (χ0n) is 18.3. The van der Waals surface area contributed by atoms with Crippen LogP contribution < -0.4 is 20.5 Å². The summed E-state index contributed by atoms with van der Waals surface area (Å²) in [6, 6.07) is 4.69. The standard InChI is InChI=1S/C22H22F2N4O6/c1-3-32-20(30)18-14(8-12-6-7-26-17(25)9-12)19(29)28(18)21(31)27-11(2)13-4-5-15-16(10-13)34-22(23,24)33-15/h4-7,9-11,14,18H,3,8H2,1-2H3,(H2,25,26)(H,27,31)/t11-,14-,18?/m1/s1. The molecule has 1 unspecified atom stereocenters. The van der Waals surface area contributed by atoms with Crippen LogP contribution in [-0.2, 0) is 20.7 Å².